The topological polar surface area (TPSA) is 30.5 Å². The third kappa shape index (κ3) is 6.88. The summed E-state index contributed by atoms with van der Waals surface area (Å²) in [6, 6.07) is 2.14. The lowest BCUT2D eigenvalue weighted by Gasteiger charge is -2.04. The molecule has 3 nitrogen and oxygen atoms in total. The SMILES string of the molecule is COCCOCCCNCc1cc(Br)c(Br)s1. The van der Waals surface area contributed by atoms with E-state index >= 15 is 0 Å². The predicted molar refractivity (Wildman–Crippen MR) is 78.7 cm³/mol. The van der Waals surface area contributed by atoms with Crippen LogP contribution in [-0.4, -0.2) is 33.5 Å². The zero-order chi connectivity index (χ0) is 12.5. The van der Waals surface area contributed by atoms with Gasteiger partial charge in [0, 0.05) is 29.6 Å². The average Bonchev–Trinajstić information content (AvgIpc) is 2.62. The van der Waals surface area contributed by atoms with Gasteiger partial charge in [-0.25, -0.2) is 0 Å². The van der Waals surface area contributed by atoms with Crippen LogP contribution in [0.1, 0.15) is 11.3 Å². The fourth-order valence-electron chi connectivity index (χ4n) is 1.23. The van der Waals surface area contributed by atoms with E-state index in [9.17, 15) is 0 Å². The molecule has 0 saturated carbocycles. The van der Waals surface area contributed by atoms with Gasteiger partial charge >= 0.3 is 0 Å². The predicted octanol–water partition coefficient (Wildman–Crippen LogP) is 3.42. The van der Waals surface area contributed by atoms with Gasteiger partial charge in [0.2, 0.25) is 0 Å². The van der Waals surface area contributed by atoms with Gasteiger partial charge in [0.05, 0.1) is 17.0 Å². The molecule has 0 unspecified atom stereocenters. The summed E-state index contributed by atoms with van der Waals surface area (Å²) < 4.78 is 12.5. The first kappa shape index (κ1) is 15.6. The molecule has 0 fully saturated rings. The van der Waals surface area contributed by atoms with Crippen LogP contribution in [0.3, 0.4) is 0 Å². The number of halogens is 2. The van der Waals surface area contributed by atoms with E-state index in [4.69, 9.17) is 9.47 Å². The van der Waals surface area contributed by atoms with Crippen molar-refractivity contribution in [3.8, 4) is 0 Å². The van der Waals surface area contributed by atoms with E-state index in [1.807, 2.05) is 0 Å². The number of hydrogen-bond donors (Lipinski definition) is 1. The van der Waals surface area contributed by atoms with Crippen molar-refractivity contribution in [2.45, 2.75) is 13.0 Å². The molecule has 1 N–H and O–H groups in total. The summed E-state index contributed by atoms with van der Waals surface area (Å²) in [7, 11) is 1.68. The summed E-state index contributed by atoms with van der Waals surface area (Å²) in [5, 5.41) is 3.39. The molecule has 98 valence electrons. The van der Waals surface area contributed by atoms with Crippen LogP contribution in [-0.2, 0) is 16.0 Å². The van der Waals surface area contributed by atoms with Crippen molar-refractivity contribution in [1.82, 2.24) is 5.32 Å². The summed E-state index contributed by atoms with van der Waals surface area (Å²) in [4.78, 5) is 1.32. The van der Waals surface area contributed by atoms with E-state index in [2.05, 4.69) is 43.2 Å². The van der Waals surface area contributed by atoms with Crippen LogP contribution >= 0.6 is 43.2 Å². The molecule has 0 atom stereocenters. The van der Waals surface area contributed by atoms with Gasteiger partial charge in [0.25, 0.3) is 0 Å². The summed E-state index contributed by atoms with van der Waals surface area (Å²) in [5.74, 6) is 0. The molecule has 1 heterocycles. The molecule has 1 aromatic rings. The first-order valence-electron chi connectivity index (χ1n) is 5.45. The molecular weight excluding hydrogens is 370 g/mol. The van der Waals surface area contributed by atoms with E-state index in [1.54, 1.807) is 18.4 Å². The lowest BCUT2D eigenvalue weighted by Crippen LogP contribution is -2.16. The molecule has 0 aromatic carbocycles. The third-order valence-corrected chi connectivity index (χ3v) is 5.33. The Labute approximate surface area is 123 Å². The molecule has 0 aliphatic heterocycles. The fraction of sp³-hybridized carbons (Fsp3) is 0.636. The second kappa shape index (κ2) is 9.47. The van der Waals surface area contributed by atoms with Gasteiger partial charge in [-0.3, -0.25) is 0 Å². The van der Waals surface area contributed by atoms with Crippen LogP contribution in [0.25, 0.3) is 0 Å². The minimum atomic E-state index is 0.671. The Morgan fingerprint density at radius 2 is 2.12 bits per heavy atom. The molecule has 1 aromatic heterocycles. The molecule has 1 rings (SSSR count). The van der Waals surface area contributed by atoms with Gasteiger partial charge in [-0.15, -0.1) is 11.3 Å². The molecule has 0 aliphatic rings. The maximum Gasteiger partial charge on any atom is 0.0843 e. The molecule has 17 heavy (non-hydrogen) atoms. The van der Waals surface area contributed by atoms with E-state index in [0.29, 0.717) is 13.2 Å². The van der Waals surface area contributed by atoms with E-state index < -0.39 is 0 Å². The first-order valence-corrected chi connectivity index (χ1v) is 7.85. The Morgan fingerprint density at radius 1 is 1.29 bits per heavy atom. The Bertz CT molecular complexity index is 301. The van der Waals surface area contributed by atoms with Crippen molar-refractivity contribution in [2.24, 2.45) is 0 Å². The maximum atomic E-state index is 5.37. The first-order chi connectivity index (χ1) is 8.24. The Hall–Kier alpha value is 0.540. The number of thiophene rings is 1. The fourth-order valence-corrected chi connectivity index (χ4v) is 3.38. The summed E-state index contributed by atoms with van der Waals surface area (Å²) in [6.45, 7) is 4.02. The quantitative estimate of drug-likeness (QED) is 0.659. The molecule has 0 spiro atoms. The highest BCUT2D eigenvalue weighted by atomic mass is 79.9. The van der Waals surface area contributed by atoms with E-state index in [1.165, 1.54) is 4.88 Å². The Kier molecular flexibility index (Phi) is 8.69. The van der Waals surface area contributed by atoms with Crippen molar-refractivity contribution in [3.63, 3.8) is 0 Å². The molecule has 0 bridgehead atoms. The molecule has 0 amide bonds. The van der Waals surface area contributed by atoms with Crippen LogP contribution in [0.5, 0.6) is 0 Å². The zero-order valence-electron chi connectivity index (χ0n) is 9.80. The molecular formula is C11H17Br2NO2S. The molecule has 6 heteroatoms. The highest BCUT2D eigenvalue weighted by Gasteiger charge is 2.02. The van der Waals surface area contributed by atoms with Crippen LogP contribution < -0.4 is 5.32 Å². The monoisotopic (exact) mass is 385 g/mol. The summed E-state index contributed by atoms with van der Waals surface area (Å²) in [6.07, 6.45) is 1.03. The average molecular weight is 387 g/mol. The lowest BCUT2D eigenvalue weighted by atomic mass is 10.4. The number of nitrogens with one attached hydrogen (secondary N) is 1. The zero-order valence-corrected chi connectivity index (χ0v) is 13.8. The van der Waals surface area contributed by atoms with Crippen LogP contribution in [0.15, 0.2) is 14.3 Å². The Morgan fingerprint density at radius 3 is 2.76 bits per heavy atom. The van der Waals surface area contributed by atoms with Crippen molar-refractivity contribution in [1.29, 1.82) is 0 Å². The Balaban J connectivity index is 1.97. The second-order valence-electron chi connectivity index (χ2n) is 3.47. The molecule has 0 saturated heterocycles. The number of hydrogen-bond acceptors (Lipinski definition) is 4. The van der Waals surface area contributed by atoms with Gasteiger partial charge in [-0.05, 0) is 50.9 Å². The van der Waals surface area contributed by atoms with Gasteiger partial charge in [0.15, 0.2) is 0 Å². The van der Waals surface area contributed by atoms with E-state index in [0.717, 1.165) is 34.4 Å². The minimum Gasteiger partial charge on any atom is -0.382 e. The largest absolute Gasteiger partial charge is 0.382 e. The van der Waals surface area contributed by atoms with Gasteiger partial charge in [-0.2, -0.15) is 0 Å². The van der Waals surface area contributed by atoms with Crippen molar-refractivity contribution >= 4 is 43.2 Å². The standard InChI is InChI=1S/C11H17Br2NO2S/c1-15-5-6-16-4-2-3-14-8-9-7-10(12)11(13)17-9/h7,14H,2-6,8H2,1H3. The molecule has 0 radical (unpaired) electrons. The van der Waals surface area contributed by atoms with Crippen molar-refractivity contribution < 1.29 is 9.47 Å². The van der Waals surface area contributed by atoms with Gasteiger partial charge < -0.3 is 14.8 Å². The van der Waals surface area contributed by atoms with Gasteiger partial charge in [-0.1, -0.05) is 0 Å². The van der Waals surface area contributed by atoms with Crippen molar-refractivity contribution in [2.75, 3.05) is 33.5 Å². The summed E-state index contributed by atoms with van der Waals surface area (Å²) in [5.41, 5.74) is 0. The maximum absolute atomic E-state index is 5.37. The highest BCUT2D eigenvalue weighted by Crippen LogP contribution is 2.32. The number of rotatable bonds is 9. The summed E-state index contributed by atoms with van der Waals surface area (Å²) >= 11 is 8.71. The number of ether oxygens (including phenoxy) is 2. The van der Waals surface area contributed by atoms with E-state index in [-0.39, 0.29) is 0 Å². The highest BCUT2D eigenvalue weighted by molar-refractivity contribution is 9.13. The minimum absolute atomic E-state index is 0.671. The van der Waals surface area contributed by atoms with Crippen LogP contribution in [0.4, 0.5) is 0 Å². The second-order valence-corrected chi connectivity index (χ2v) is 6.78. The molecule has 0 aliphatic carbocycles. The van der Waals surface area contributed by atoms with Crippen molar-refractivity contribution in [3.05, 3.63) is 19.2 Å². The van der Waals surface area contributed by atoms with Crippen LogP contribution in [0, 0.1) is 0 Å². The third-order valence-electron chi connectivity index (χ3n) is 2.07. The van der Waals surface area contributed by atoms with Crippen LogP contribution in [0.2, 0.25) is 0 Å². The normalized spacial score (nSPS) is 11.0. The lowest BCUT2D eigenvalue weighted by molar-refractivity contribution is 0.0695. The smallest absolute Gasteiger partial charge is 0.0843 e. The number of methoxy groups -OCH3 is 1. The van der Waals surface area contributed by atoms with Gasteiger partial charge in [0.1, 0.15) is 0 Å².